The summed E-state index contributed by atoms with van der Waals surface area (Å²) in [6.07, 6.45) is 0.965. The molecule has 2 N–H and O–H groups in total. The minimum atomic E-state index is -0.833. The van der Waals surface area contributed by atoms with Crippen molar-refractivity contribution in [3.8, 4) is 12.1 Å². The SMILES string of the molecule is [C-]#[N+]CCc1cc(F)c(Nc2nc(Nc3ccc(C#N)cc3)nc(OCCCN3CCOCC3)n2)c(F)c1. The largest absolute Gasteiger partial charge is 0.463 e. The van der Waals surface area contributed by atoms with Gasteiger partial charge in [-0.25, -0.2) is 15.4 Å². The van der Waals surface area contributed by atoms with Crippen LogP contribution in [0.2, 0.25) is 0 Å². The van der Waals surface area contributed by atoms with E-state index in [4.69, 9.17) is 21.3 Å². The first kappa shape index (κ1) is 26.7. The van der Waals surface area contributed by atoms with Gasteiger partial charge in [0, 0.05) is 31.7 Å². The molecule has 2 heterocycles. The molecule has 0 atom stereocenters. The number of halogens is 2. The fraction of sp³-hybridized carbons (Fsp3) is 0.346. The molecule has 0 aliphatic carbocycles. The second-order valence-corrected chi connectivity index (χ2v) is 8.43. The maximum absolute atomic E-state index is 14.7. The number of nitrogens with one attached hydrogen (secondary N) is 2. The van der Waals surface area contributed by atoms with E-state index in [9.17, 15) is 8.78 Å². The van der Waals surface area contributed by atoms with Gasteiger partial charge >= 0.3 is 6.01 Å². The van der Waals surface area contributed by atoms with Crippen molar-refractivity contribution in [1.82, 2.24) is 19.9 Å². The first-order valence-electron chi connectivity index (χ1n) is 12.1. The second kappa shape index (κ2) is 13.2. The Labute approximate surface area is 219 Å². The summed E-state index contributed by atoms with van der Waals surface area (Å²) in [5.74, 6) is -1.70. The molecule has 1 aliphatic heterocycles. The summed E-state index contributed by atoms with van der Waals surface area (Å²) in [7, 11) is 0. The third kappa shape index (κ3) is 7.56. The van der Waals surface area contributed by atoms with Crippen LogP contribution in [0, 0.1) is 29.5 Å². The summed E-state index contributed by atoms with van der Waals surface area (Å²) >= 11 is 0. The number of hydrogen-bond donors (Lipinski definition) is 2. The Morgan fingerprint density at radius 2 is 1.74 bits per heavy atom. The Hall–Kier alpha value is -4.39. The molecule has 38 heavy (non-hydrogen) atoms. The Kier molecular flexibility index (Phi) is 9.29. The van der Waals surface area contributed by atoms with Gasteiger partial charge in [-0.15, -0.1) is 0 Å². The predicted molar refractivity (Wildman–Crippen MR) is 136 cm³/mol. The highest BCUT2D eigenvalue weighted by Gasteiger charge is 2.16. The maximum Gasteiger partial charge on any atom is 0.323 e. The summed E-state index contributed by atoms with van der Waals surface area (Å²) in [6, 6.07) is 11.0. The normalized spacial score (nSPS) is 13.4. The number of morpholine rings is 1. The predicted octanol–water partition coefficient (Wildman–Crippen LogP) is 4.07. The monoisotopic (exact) mass is 520 g/mol. The lowest BCUT2D eigenvalue weighted by Crippen LogP contribution is -2.37. The number of nitrogens with zero attached hydrogens (tertiary/aromatic N) is 6. The minimum Gasteiger partial charge on any atom is -0.463 e. The molecule has 10 nitrogen and oxygen atoms in total. The van der Waals surface area contributed by atoms with Crippen molar-refractivity contribution in [3.05, 3.63) is 70.6 Å². The lowest BCUT2D eigenvalue weighted by Gasteiger charge is -2.26. The Bertz CT molecular complexity index is 1300. The maximum atomic E-state index is 14.7. The average Bonchev–Trinajstić information content (AvgIpc) is 2.93. The number of aromatic nitrogens is 3. The van der Waals surface area contributed by atoms with Crippen molar-refractivity contribution in [3.63, 3.8) is 0 Å². The quantitative estimate of drug-likeness (QED) is 0.285. The van der Waals surface area contributed by atoms with E-state index < -0.39 is 17.3 Å². The molecule has 0 amide bonds. The van der Waals surface area contributed by atoms with Gasteiger partial charge < -0.3 is 25.0 Å². The van der Waals surface area contributed by atoms with E-state index in [1.165, 1.54) is 12.1 Å². The molecule has 0 bridgehead atoms. The van der Waals surface area contributed by atoms with Crippen molar-refractivity contribution in [2.45, 2.75) is 12.8 Å². The second-order valence-electron chi connectivity index (χ2n) is 8.43. The van der Waals surface area contributed by atoms with Crippen LogP contribution >= 0.6 is 0 Å². The lowest BCUT2D eigenvalue weighted by atomic mass is 10.1. The number of nitriles is 1. The fourth-order valence-electron chi connectivity index (χ4n) is 3.75. The number of rotatable bonds is 11. The van der Waals surface area contributed by atoms with Crippen LogP contribution in [-0.2, 0) is 11.2 Å². The van der Waals surface area contributed by atoms with E-state index in [1.807, 2.05) is 6.07 Å². The highest BCUT2D eigenvalue weighted by atomic mass is 19.1. The molecule has 1 saturated heterocycles. The molecule has 0 radical (unpaired) electrons. The van der Waals surface area contributed by atoms with Gasteiger partial charge in [-0.2, -0.15) is 20.2 Å². The first-order valence-corrected chi connectivity index (χ1v) is 12.1. The Balaban J connectivity index is 1.51. The van der Waals surface area contributed by atoms with E-state index in [0.29, 0.717) is 36.6 Å². The molecular formula is C26H26F2N8O2. The molecular weight excluding hydrogens is 494 g/mol. The van der Waals surface area contributed by atoms with Crippen LogP contribution in [0.5, 0.6) is 6.01 Å². The van der Waals surface area contributed by atoms with E-state index in [1.54, 1.807) is 24.3 Å². The van der Waals surface area contributed by atoms with Gasteiger partial charge in [0.15, 0.2) is 0 Å². The van der Waals surface area contributed by atoms with E-state index in [-0.39, 0.29) is 30.9 Å². The van der Waals surface area contributed by atoms with Crippen LogP contribution in [0.25, 0.3) is 4.85 Å². The summed E-state index contributed by atoms with van der Waals surface area (Å²) in [5.41, 5.74) is 1.04. The number of hydrogen-bond acceptors (Lipinski definition) is 9. The van der Waals surface area contributed by atoms with Gasteiger partial charge in [0.2, 0.25) is 18.4 Å². The Morgan fingerprint density at radius 1 is 1.05 bits per heavy atom. The smallest absolute Gasteiger partial charge is 0.323 e. The molecule has 2 aromatic carbocycles. The number of benzene rings is 2. The van der Waals surface area contributed by atoms with Gasteiger partial charge in [-0.3, -0.25) is 4.90 Å². The van der Waals surface area contributed by atoms with Gasteiger partial charge in [-0.05, 0) is 48.4 Å². The third-order valence-electron chi connectivity index (χ3n) is 5.69. The number of ether oxygens (including phenoxy) is 2. The molecule has 196 valence electrons. The zero-order valence-corrected chi connectivity index (χ0v) is 20.6. The first-order chi connectivity index (χ1) is 18.5. The fourth-order valence-corrected chi connectivity index (χ4v) is 3.75. The molecule has 1 aromatic heterocycles. The highest BCUT2D eigenvalue weighted by molar-refractivity contribution is 5.59. The minimum absolute atomic E-state index is 0.0184. The molecule has 0 saturated carbocycles. The molecule has 0 unspecified atom stereocenters. The molecule has 4 rings (SSSR count). The molecule has 1 aliphatic rings. The topological polar surface area (TPSA) is 113 Å². The van der Waals surface area contributed by atoms with E-state index in [2.05, 4.69) is 35.3 Å². The zero-order chi connectivity index (χ0) is 26.7. The Morgan fingerprint density at radius 3 is 2.39 bits per heavy atom. The van der Waals surface area contributed by atoms with Gasteiger partial charge in [-0.1, -0.05) is 0 Å². The van der Waals surface area contributed by atoms with Crippen molar-refractivity contribution in [2.24, 2.45) is 0 Å². The van der Waals surface area contributed by atoms with Crippen LogP contribution in [0.1, 0.15) is 17.5 Å². The van der Waals surface area contributed by atoms with Crippen molar-refractivity contribution in [1.29, 1.82) is 5.26 Å². The van der Waals surface area contributed by atoms with E-state index >= 15 is 0 Å². The van der Waals surface area contributed by atoms with Crippen LogP contribution in [0.4, 0.5) is 32.1 Å². The standard InChI is InChI=1S/C26H26F2N8O2/c1-30-8-7-19-15-21(27)23(22(28)16-19)32-25-33-24(31-20-5-3-18(17-29)4-6-20)34-26(35-25)38-12-2-9-36-10-13-37-14-11-36/h3-6,15-16H,2,7-14H2,(H2,31,32,33,34,35). The van der Waals surface area contributed by atoms with Crippen molar-refractivity contribution >= 4 is 23.3 Å². The summed E-state index contributed by atoms with van der Waals surface area (Å²) < 4.78 is 40.6. The third-order valence-corrected chi connectivity index (χ3v) is 5.69. The number of anilines is 4. The van der Waals surface area contributed by atoms with E-state index in [0.717, 1.165) is 26.1 Å². The molecule has 0 spiro atoms. The lowest BCUT2D eigenvalue weighted by molar-refractivity contribution is 0.0356. The summed E-state index contributed by atoms with van der Waals surface area (Å²) in [4.78, 5) is 18.2. The average molecular weight is 521 g/mol. The van der Waals surface area contributed by atoms with Gasteiger partial charge in [0.05, 0.1) is 31.5 Å². The van der Waals surface area contributed by atoms with Crippen molar-refractivity contribution in [2.75, 3.05) is 56.6 Å². The van der Waals surface area contributed by atoms with Crippen LogP contribution in [-0.4, -0.2) is 65.9 Å². The van der Waals surface area contributed by atoms with Crippen LogP contribution in [0.3, 0.4) is 0 Å². The van der Waals surface area contributed by atoms with Crippen LogP contribution in [0.15, 0.2) is 36.4 Å². The molecule has 1 fully saturated rings. The zero-order valence-electron chi connectivity index (χ0n) is 20.6. The van der Waals surface area contributed by atoms with Crippen molar-refractivity contribution < 1.29 is 18.3 Å². The molecule has 3 aromatic rings. The van der Waals surface area contributed by atoms with Crippen LogP contribution < -0.4 is 15.4 Å². The van der Waals surface area contributed by atoms with Gasteiger partial charge in [0.25, 0.3) is 0 Å². The summed E-state index contributed by atoms with van der Waals surface area (Å²) in [5, 5.41) is 14.6. The molecule has 12 heteroatoms. The highest BCUT2D eigenvalue weighted by Crippen LogP contribution is 2.25. The van der Waals surface area contributed by atoms with Gasteiger partial charge in [0.1, 0.15) is 17.3 Å². The summed E-state index contributed by atoms with van der Waals surface area (Å²) in [6.45, 7) is 11.3.